The highest BCUT2D eigenvalue weighted by molar-refractivity contribution is 5.95. The standard InChI is InChI=1S/C100H88O34/c1-58(101)115-54-72-75(119-59(2)102)82(132-99-85(131-96(113)70-52-32-13-33-53-70)80(129-94(111)68-48-28-11-29-49-68)77(126-91(108)65-42-22-8-23-43-65)73(123-99)56-117-88(105)62-36-16-5-17-37-62)84(120-60(3)103)98(122-72)134-86-81(130-95(112)69-50-30-12-31-51-69)78(127-92(109)66-44-24-9-25-45-66)74(57-118-89(106)63-38-18-6-19-39-63)124-100(86)133-83-79(128-93(110)67-46-26-10-27-47-67)76(125-90(107)64-40-20-7-21-41-64)71(121-97(83)114)55-116-87(104)61-34-14-4-15-35-61/h4-53,71-86,97-100,114H,54-57H2,1-3H3/t71-,72-,73-,74+,75-,76+,77-,78-,79-,80-,81-,82-,83+,84+,85-,86+,97+,98-,99-,100+/m0/s1. The van der Waals surface area contributed by atoms with Crippen LogP contribution in [0.1, 0.15) is 124 Å². The smallest absolute Gasteiger partial charge is 0.338 e. The largest absolute Gasteiger partial charge is 0.463 e. The van der Waals surface area contributed by atoms with Gasteiger partial charge in [-0.2, -0.15) is 0 Å². The van der Waals surface area contributed by atoms with E-state index in [1.165, 1.54) is 231 Å². The second kappa shape index (κ2) is 45.7. The maximum atomic E-state index is 15.6. The summed E-state index contributed by atoms with van der Waals surface area (Å²) in [5.74, 6) is -14.7. The predicted octanol–water partition coefficient (Wildman–Crippen LogP) is 10.6. The highest BCUT2D eigenvalue weighted by atomic mass is 16.8. The van der Waals surface area contributed by atoms with Gasteiger partial charge in [-0.1, -0.05) is 182 Å². The number of rotatable bonds is 33. The molecule has 692 valence electrons. The van der Waals surface area contributed by atoms with Crippen LogP contribution in [0.5, 0.6) is 0 Å². The monoisotopic (exact) mass is 1830 g/mol. The van der Waals surface area contributed by atoms with Crippen LogP contribution < -0.4 is 0 Å². The molecule has 0 amide bonds. The fourth-order valence-corrected chi connectivity index (χ4v) is 14.9. The van der Waals surface area contributed by atoms with Gasteiger partial charge in [0.05, 0.1) is 55.6 Å². The minimum absolute atomic E-state index is 0.0114. The number of ether oxygens (including phenoxy) is 20. The molecule has 4 fully saturated rings. The molecule has 4 heterocycles. The second-order valence-corrected chi connectivity index (χ2v) is 30.5. The average molecular weight is 1830 g/mol. The van der Waals surface area contributed by atoms with Crippen molar-refractivity contribution in [3.05, 3.63) is 359 Å². The highest BCUT2D eigenvalue weighted by Crippen LogP contribution is 2.42. The fraction of sp³-hybridized carbons (Fsp3) is 0.270. The number of carbonyl (C=O) groups excluding carboxylic acids is 13. The summed E-state index contributed by atoms with van der Waals surface area (Å²) >= 11 is 0. The molecule has 4 saturated heterocycles. The number of benzene rings is 10. The van der Waals surface area contributed by atoms with Crippen molar-refractivity contribution in [2.45, 2.75) is 144 Å². The lowest BCUT2D eigenvalue weighted by molar-refractivity contribution is -0.397. The fourth-order valence-electron chi connectivity index (χ4n) is 14.9. The molecule has 134 heavy (non-hydrogen) atoms. The Hall–Kier alpha value is -15.0. The van der Waals surface area contributed by atoms with E-state index in [0.717, 1.165) is 20.8 Å². The molecule has 4 aliphatic rings. The molecule has 1 N–H and O–H groups in total. The van der Waals surface area contributed by atoms with Gasteiger partial charge >= 0.3 is 77.6 Å². The summed E-state index contributed by atoms with van der Waals surface area (Å²) in [6, 6.07) is 73.3. The minimum Gasteiger partial charge on any atom is -0.463 e. The average Bonchev–Trinajstić information content (AvgIpc) is 0.749. The third kappa shape index (κ3) is 24.6. The Kier molecular flexibility index (Phi) is 32.4. The molecule has 20 atom stereocenters. The van der Waals surface area contributed by atoms with Gasteiger partial charge in [0, 0.05) is 20.8 Å². The van der Waals surface area contributed by atoms with Gasteiger partial charge in [0.25, 0.3) is 0 Å². The van der Waals surface area contributed by atoms with Crippen LogP contribution >= 0.6 is 0 Å². The van der Waals surface area contributed by atoms with E-state index in [2.05, 4.69) is 0 Å². The summed E-state index contributed by atoms with van der Waals surface area (Å²) in [6.45, 7) is -1.11. The number of aliphatic hydroxyl groups excluding tert-OH is 1. The summed E-state index contributed by atoms with van der Waals surface area (Å²) < 4.78 is 129. The zero-order valence-corrected chi connectivity index (χ0v) is 71.7. The van der Waals surface area contributed by atoms with Crippen molar-refractivity contribution in [2.24, 2.45) is 0 Å². The van der Waals surface area contributed by atoms with E-state index in [1.807, 2.05) is 0 Å². The summed E-state index contributed by atoms with van der Waals surface area (Å²) in [5.41, 5.74) is -1.08. The molecule has 0 bridgehead atoms. The number of esters is 13. The minimum atomic E-state index is -2.56. The first-order valence-electron chi connectivity index (χ1n) is 42.2. The molecule has 10 aromatic rings. The maximum absolute atomic E-state index is 15.6. The van der Waals surface area contributed by atoms with E-state index in [9.17, 15) is 43.5 Å². The SMILES string of the molecule is CC(=O)OC[C@@H]1O[C@@H](O[C@H]2[C@@H](O[C@@H]3[C@@H](OC(=O)c4ccccc4)[C@H](OC(=O)c4ccccc4)[C@H](COC(=O)c4ccccc4)O[C@H]3O)O[C@H](COC(=O)c3ccccc3)[C@H](OC(=O)c3ccccc3)[C@@H]2OC(=O)c2ccccc2)[C@H](OC(C)=O)[C@@H](O[C@@H]2O[C@@H](COC(=O)c3ccccc3)[C@H](OC(=O)c3ccccc3)[C@H](OC(=O)c3ccccc3)[C@@H]2OC(=O)c2ccccc2)[C@H]1OC(C)=O. The Morgan fingerprint density at radius 1 is 0.201 bits per heavy atom. The Balaban J connectivity index is 0.964. The second-order valence-electron chi connectivity index (χ2n) is 30.5. The van der Waals surface area contributed by atoms with Gasteiger partial charge in [0.15, 0.2) is 92.3 Å². The van der Waals surface area contributed by atoms with Crippen molar-refractivity contribution < 1.29 is 162 Å². The van der Waals surface area contributed by atoms with E-state index >= 15 is 24.0 Å². The lowest BCUT2D eigenvalue weighted by Crippen LogP contribution is -2.70. The van der Waals surface area contributed by atoms with Crippen LogP contribution in [0.2, 0.25) is 0 Å². The predicted molar refractivity (Wildman–Crippen MR) is 459 cm³/mol. The first-order chi connectivity index (χ1) is 65.0. The van der Waals surface area contributed by atoms with Crippen LogP contribution in [0, 0.1) is 0 Å². The molecule has 34 nitrogen and oxygen atoms in total. The maximum Gasteiger partial charge on any atom is 0.338 e. The first kappa shape index (κ1) is 95.1. The van der Waals surface area contributed by atoms with Crippen LogP contribution in [-0.2, 0) is 109 Å². The third-order valence-electron chi connectivity index (χ3n) is 21.2. The molecule has 0 saturated carbocycles. The Labute approximate surface area is 765 Å². The third-order valence-corrected chi connectivity index (χ3v) is 21.2. The van der Waals surface area contributed by atoms with Crippen LogP contribution in [0.3, 0.4) is 0 Å². The Bertz CT molecular complexity index is 5680. The van der Waals surface area contributed by atoms with Crippen LogP contribution in [0.15, 0.2) is 303 Å². The Morgan fingerprint density at radius 2 is 0.388 bits per heavy atom. The molecular weight excluding hydrogens is 1750 g/mol. The van der Waals surface area contributed by atoms with Crippen LogP contribution in [0.4, 0.5) is 0 Å². The van der Waals surface area contributed by atoms with E-state index in [0.29, 0.717) is 0 Å². The molecule has 0 unspecified atom stereocenters. The van der Waals surface area contributed by atoms with Crippen LogP contribution in [-0.4, -0.2) is 232 Å². The normalized spacial score (nSPS) is 24.6. The molecule has 4 aliphatic heterocycles. The number of hydrogen-bond acceptors (Lipinski definition) is 34. The van der Waals surface area contributed by atoms with E-state index < -0.39 is 227 Å². The highest BCUT2D eigenvalue weighted by Gasteiger charge is 2.63. The van der Waals surface area contributed by atoms with E-state index in [4.69, 9.17) is 94.7 Å². The van der Waals surface area contributed by atoms with Crippen molar-refractivity contribution in [1.29, 1.82) is 0 Å². The molecule has 0 radical (unpaired) electrons. The first-order valence-corrected chi connectivity index (χ1v) is 42.2. The zero-order valence-electron chi connectivity index (χ0n) is 71.7. The van der Waals surface area contributed by atoms with Gasteiger partial charge in [-0.05, 0) is 121 Å². The topological polar surface area (TPSA) is 427 Å². The van der Waals surface area contributed by atoms with Gasteiger partial charge in [-0.25, -0.2) is 47.9 Å². The summed E-state index contributed by atoms with van der Waals surface area (Å²) in [6.07, 6.45) is -45.3. The molecule has 10 aromatic carbocycles. The summed E-state index contributed by atoms with van der Waals surface area (Å²) in [5, 5.41) is 13.0. The summed E-state index contributed by atoms with van der Waals surface area (Å²) in [4.78, 5) is 191. The van der Waals surface area contributed by atoms with Gasteiger partial charge in [-0.15, -0.1) is 0 Å². The van der Waals surface area contributed by atoms with Gasteiger partial charge < -0.3 is 99.8 Å². The molecule has 0 spiro atoms. The van der Waals surface area contributed by atoms with Crippen molar-refractivity contribution >= 4 is 77.6 Å². The number of aliphatic hydroxyl groups is 1. The van der Waals surface area contributed by atoms with Crippen molar-refractivity contribution in [2.75, 3.05) is 26.4 Å². The van der Waals surface area contributed by atoms with Gasteiger partial charge in [0.1, 0.15) is 56.9 Å². The van der Waals surface area contributed by atoms with Gasteiger partial charge in [0.2, 0.25) is 0 Å². The summed E-state index contributed by atoms with van der Waals surface area (Å²) in [7, 11) is 0. The lowest BCUT2D eigenvalue weighted by atomic mass is 9.94. The van der Waals surface area contributed by atoms with E-state index in [-0.39, 0.29) is 55.6 Å². The lowest BCUT2D eigenvalue weighted by Gasteiger charge is -2.51. The quantitative estimate of drug-likeness (QED) is 0.0295. The zero-order chi connectivity index (χ0) is 94.2. The number of carbonyl (C=O) groups is 13. The Morgan fingerprint density at radius 3 is 0.657 bits per heavy atom. The van der Waals surface area contributed by atoms with Crippen molar-refractivity contribution in [1.82, 2.24) is 0 Å². The molecule has 0 aliphatic carbocycles. The van der Waals surface area contributed by atoms with E-state index in [1.54, 1.807) is 72.8 Å². The molecular formula is C100H88O34. The number of hydrogen-bond donors (Lipinski definition) is 1. The molecule has 0 aromatic heterocycles. The molecule has 14 rings (SSSR count). The van der Waals surface area contributed by atoms with Crippen molar-refractivity contribution in [3.8, 4) is 0 Å². The van der Waals surface area contributed by atoms with Crippen molar-refractivity contribution in [3.63, 3.8) is 0 Å². The molecule has 34 heteroatoms. The van der Waals surface area contributed by atoms with Gasteiger partial charge in [-0.3, -0.25) is 14.4 Å². The van der Waals surface area contributed by atoms with Crippen LogP contribution in [0.25, 0.3) is 0 Å².